The molecule has 0 radical (unpaired) electrons. The first-order valence-electron chi connectivity index (χ1n) is 6.85. The molecular formula is C17H17NO4S. The molecule has 0 heterocycles. The maximum atomic E-state index is 12.2. The summed E-state index contributed by atoms with van der Waals surface area (Å²) in [6.45, 7) is 0. The molecule has 0 aromatic heterocycles. The molecule has 0 fully saturated rings. The number of benzene rings is 2. The largest absolute Gasteiger partial charge is 0.508 e. The van der Waals surface area contributed by atoms with Crippen LogP contribution in [0.25, 0.3) is 6.08 Å². The van der Waals surface area contributed by atoms with Gasteiger partial charge in [0.1, 0.15) is 5.75 Å². The average Bonchev–Trinajstić information content (AvgIpc) is 2.52. The van der Waals surface area contributed by atoms with Crippen molar-refractivity contribution in [1.29, 1.82) is 0 Å². The summed E-state index contributed by atoms with van der Waals surface area (Å²) in [7, 11) is -0.709. The molecule has 2 aromatic carbocycles. The number of sulfonamides is 1. The minimum atomic E-state index is -3.58. The van der Waals surface area contributed by atoms with E-state index in [4.69, 9.17) is 0 Å². The number of aromatic hydroxyl groups is 1. The monoisotopic (exact) mass is 331 g/mol. The third kappa shape index (κ3) is 4.06. The number of hydrogen-bond acceptors (Lipinski definition) is 4. The van der Waals surface area contributed by atoms with Crippen molar-refractivity contribution in [3.8, 4) is 5.75 Å². The number of phenolic OH excluding ortho intramolecular Hbond substituents is 1. The smallest absolute Gasteiger partial charge is 0.242 e. The van der Waals surface area contributed by atoms with Crippen LogP contribution in [0.5, 0.6) is 5.75 Å². The molecule has 5 nitrogen and oxygen atoms in total. The van der Waals surface area contributed by atoms with E-state index in [1.54, 1.807) is 24.3 Å². The highest BCUT2D eigenvalue weighted by Gasteiger charge is 2.18. The van der Waals surface area contributed by atoms with E-state index in [-0.39, 0.29) is 22.0 Å². The van der Waals surface area contributed by atoms with Crippen LogP contribution in [0.1, 0.15) is 15.9 Å². The zero-order chi connectivity index (χ0) is 17.0. The Balaban J connectivity index is 2.27. The van der Waals surface area contributed by atoms with E-state index in [9.17, 15) is 18.3 Å². The minimum absolute atomic E-state index is 0.0686. The molecule has 6 heteroatoms. The Labute approximate surface area is 135 Å². The van der Waals surface area contributed by atoms with Gasteiger partial charge in [0, 0.05) is 19.7 Å². The second kappa shape index (κ2) is 6.76. The summed E-state index contributed by atoms with van der Waals surface area (Å²) in [5.74, 6) is -0.206. The van der Waals surface area contributed by atoms with Crippen molar-refractivity contribution in [1.82, 2.24) is 4.31 Å². The molecule has 0 aliphatic carbocycles. The van der Waals surface area contributed by atoms with E-state index >= 15 is 0 Å². The SMILES string of the molecule is CN(C)S(=O)(=O)c1cccc(C(=O)C=Cc2cccc(O)c2)c1. The molecule has 0 bridgehead atoms. The molecule has 0 saturated carbocycles. The van der Waals surface area contributed by atoms with Crippen molar-refractivity contribution in [2.45, 2.75) is 4.90 Å². The second-order valence-electron chi connectivity index (χ2n) is 5.11. The summed E-state index contributed by atoms with van der Waals surface area (Å²) < 4.78 is 25.3. The number of phenols is 1. The molecule has 0 saturated heterocycles. The second-order valence-corrected chi connectivity index (χ2v) is 7.26. The lowest BCUT2D eigenvalue weighted by Crippen LogP contribution is -2.22. The number of carbonyl (C=O) groups excluding carboxylic acids is 1. The number of carbonyl (C=O) groups is 1. The Morgan fingerprint density at radius 2 is 1.78 bits per heavy atom. The quantitative estimate of drug-likeness (QED) is 0.675. The standard InChI is InChI=1S/C17H17NO4S/c1-18(2)23(21,22)16-8-4-6-14(12-16)17(20)10-9-13-5-3-7-15(19)11-13/h3-12,19H,1-2H3. The fourth-order valence-electron chi connectivity index (χ4n) is 1.92. The van der Waals surface area contributed by atoms with Crippen LogP contribution < -0.4 is 0 Å². The van der Waals surface area contributed by atoms with Gasteiger partial charge in [-0.25, -0.2) is 12.7 Å². The van der Waals surface area contributed by atoms with E-state index < -0.39 is 10.0 Å². The van der Waals surface area contributed by atoms with Crippen molar-refractivity contribution in [3.05, 3.63) is 65.7 Å². The normalized spacial score (nSPS) is 12.0. The Kier molecular flexibility index (Phi) is 4.98. The lowest BCUT2D eigenvalue weighted by molar-refractivity contribution is 0.104. The summed E-state index contributed by atoms with van der Waals surface area (Å²) in [5, 5.41) is 9.38. The van der Waals surface area contributed by atoms with Gasteiger partial charge in [-0.1, -0.05) is 30.3 Å². The van der Waals surface area contributed by atoms with Gasteiger partial charge in [0.25, 0.3) is 0 Å². The minimum Gasteiger partial charge on any atom is -0.508 e. The molecule has 0 unspecified atom stereocenters. The average molecular weight is 331 g/mol. The van der Waals surface area contributed by atoms with Crippen LogP contribution in [0.3, 0.4) is 0 Å². The van der Waals surface area contributed by atoms with Gasteiger partial charge >= 0.3 is 0 Å². The van der Waals surface area contributed by atoms with Crippen LogP contribution in [0.4, 0.5) is 0 Å². The lowest BCUT2D eigenvalue weighted by Gasteiger charge is -2.11. The summed E-state index contributed by atoms with van der Waals surface area (Å²) in [5.41, 5.74) is 0.958. The van der Waals surface area contributed by atoms with Gasteiger partial charge < -0.3 is 5.11 Å². The molecule has 1 N–H and O–H groups in total. The topological polar surface area (TPSA) is 74.7 Å². The van der Waals surface area contributed by atoms with Crippen LogP contribution in [0.2, 0.25) is 0 Å². The van der Waals surface area contributed by atoms with Gasteiger partial charge in [-0.2, -0.15) is 0 Å². The molecule has 120 valence electrons. The number of ketones is 1. The number of hydrogen-bond donors (Lipinski definition) is 1. The molecule has 2 rings (SSSR count). The Bertz CT molecular complexity index is 854. The number of rotatable bonds is 5. The molecule has 0 spiro atoms. The summed E-state index contributed by atoms with van der Waals surface area (Å²) >= 11 is 0. The maximum Gasteiger partial charge on any atom is 0.242 e. The Hall–Kier alpha value is -2.44. The third-order valence-corrected chi connectivity index (χ3v) is 5.01. The predicted octanol–water partition coefficient (Wildman–Crippen LogP) is 2.54. The summed E-state index contributed by atoms with van der Waals surface area (Å²) in [4.78, 5) is 12.3. The molecule has 0 amide bonds. The predicted molar refractivity (Wildman–Crippen MR) is 88.8 cm³/mol. The zero-order valence-electron chi connectivity index (χ0n) is 12.8. The van der Waals surface area contributed by atoms with Crippen LogP contribution in [-0.2, 0) is 10.0 Å². The highest BCUT2D eigenvalue weighted by Crippen LogP contribution is 2.16. The highest BCUT2D eigenvalue weighted by atomic mass is 32.2. The van der Waals surface area contributed by atoms with Crippen molar-refractivity contribution < 1.29 is 18.3 Å². The van der Waals surface area contributed by atoms with Crippen molar-refractivity contribution >= 4 is 21.9 Å². The van der Waals surface area contributed by atoms with Crippen LogP contribution in [0, 0.1) is 0 Å². The maximum absolute atomic E-state index is 12.2. The van der Waals surface area contributed by atoms with E-state index in [0.717, 1.165) is 4.31 Å². The van der Waals surface area contributed by atoms with E-state index in [1.165, 1.54) is 50.5 Å². The molecule has 0 atom stereocenters. The third-order valence-electron chi connectivity index (χ3n) is 3.19. The molecular weight excluding hydrogens is 314 g/mol. The van der Waals surface area contributed by atoms with Gasteiger partial charge in [0.2, 0.25) is 10.0 Å². The first kappa shape index (κ1) is 16.9. The highest BCUT2D eigenvalue weighted by molar-refractivity contribution is 7.89. The molecule has 0 aliphatic rings. The van der Waals surface area contributed by atoms with Crippen LogP contribution >= 0.6 is 0 Å². The van der Waals surface area contributed by atoms with Gasteiger partial charge in [0.15, 0.2) is 5.78 Å². The lowest BCUT2D eigenvalue weighted by atomic mass is 10.1. The van der Waals surface area contributed by atoms with Gasteiger partial charge in [0.05, 0.1) is 4.90 Å². The summed E-state index contributed by atoms with van der Waals surface area (Å²) in [6, 6.07) is 12.4. The zero-order valence-corrected chi connectivity index (χ0v) is 13.6. The van der Waals surface area contributed by atoms with Crippen LogP contribution in [0.15, 0.2) is 59.5 Å². The van der Waals surface area contributed by atoms with Gasteiger partial charge in [-0.15, -0.1) is 0 Å². The fraction of sp³-hybridized carbons (Fsp3) is 0.118. The molecule has 2 aromatic rings. The number of nitrogens with zero attached hydrogens (tertiary/aromatic N) is 1. The van der Waals surface area contributed by atoms with Crippen molar-refractivity contribution in [2.75, 3.05) is 14.1 Å². The van der Waals surface area contributed by atoms with Crippen molar-refractivity contribution in [3.63, 3.8) is 0 Å². The van der Waals surface area contributed by atoms with E-state index in [1.807, 2.05) is 0 Å². The fourth-order valence-corrected chi connectivity index (χ4v) is 2.87. The Morgan fingerprint density at radius 3 is 2.43 bits per heavy atom. The van der Waals surface area contributed by atoms with Crippen molar-refractivity contribution in [2.24, 2.45) is 0 Å². The molecule has 23 heavy (non-hydrogen) atoms. The first-order valence-corrected chi connectivity index (χ1v) is 8.29. The van der Waals surface area contributed by atoms with E-state index in [2.05, 4.69) is 0 Å². The van der Waals surface area contributed by atoms with Crippen LogP contribution in [-0.4, -0.2) is 37.7 Å². The first-order chi connectivity index (χ1) is 10.8. The number of allylic oxidation sites excluding steroid dienone is 1. The summed E-state index contributed by atoms with van der Waals surface area (Å²) in [6.07, 6.45) is 2.91. The Morgan fingerprint density at radius 1 is 1.09 bits per heavy atom. The van der Waals surface area contributed by atoms with E-state index in [0.29, 0.717) is 5.56 Å². The molecule has 0 aliphatic heterocycles. The van der Waals surface area contributed by atoms with Gasteiger partial charge in [-0.05, 0) is 35.9 Å². The van der Waals surface area contributed by atoms with Gasteiger partial charge in [-0.3, -0.25) is 4.79 Å².